The second-order valence-corrected chi connectivity index (χ2v) is 9.37. The molecular formula is C23H18F4N6O2S. The Morgan fingerprint density at radius 2 is 1.61 bits per heavy atom. The number of hydrogen-bond acceptors (Lipinski definition) is 7. The minimum Gasteiger partial charge on any atom is -0.325 e. The lowest BCUT2D eigenvalue weighted by Crippen LogP contribution is -2.16. The summed E-state index contributed by atoms with van der Waals surface area (Å²) in [6.07, 6.45) is -0.826. The Balaban J connectivity index is 1.62. The Hall–Kier alpha value is -4.13. The van der Waals surface area contributed by atoms with Gasteiger partial charge >= 0.3 is 6.18 Å². The fraction of sp³-hybridized carbons (Fsp3) is 0.130. The van der Waals surface area contributed by atoms with Crippen molar-refractivity contribution in [2.24, 2.45) is 0 Å². The van der Waals surface area contributed by atoms with Gasteiger partial charge in [0.2, 0.25) is 5.82 Å². The Bertz CT molecular complexity index is 1540. The van der Waals surface area contributed by atoms with Gasteiger partial charge in [-0.3, -0.25) is 9.71 Å². The third-order valence-electron chi connectivity index (χ3n) is 4.97. The van der Waals surface area contributed by atoms with Crippen LogP contribution in [0.15, 0.2) is 66.0 Å². The van der Waals surface area contributed by atoms with Crippen molar-refractivity contribution >= 4 is 27.3 Å². The highest BCUT2D eigenvalue weighted by Gasteiger charge is 2.34. The van der Waals surface area contributed by atoms with E-state index in [1.807, 2.05) is 0 Å². The van der Waals surface area contributed by atoms with Crippen LogP contribution in [-0.4, -0.2) is 28.4 Å². The van der Waals surface area contributed by atoms with Gasteiger partial charge in [-0.25, -0.2) is 27.8 Å². The average molecular weight is 518 g/mol. The number of anilines is 3. The smallest absolute Gasteiger partial charge is 0.325 e. The molecule has 4 aromatic rings. The standard InChI is InChI=1S/C23H18F4N6O2S/c1-13-3-4-19(17(24)9-13)36(34,35)33-18-10-16(12-30-14(18)2)15-5-7-28-21(11-15)31-20-6-8-29-22(32-20)23(25,26)27/h3-12,33H,1-2H3,(H,28,29,31,32). The van der Waals surface area contributed by atoms with E-state index >= 15 is 0 Å². The number of halogens is 4. The molecule has 0 bridgehead atoms. The zero-order valence-electron chi connectivity index (χ0n) is 18.8. The summed E-state index contributed by atoms with van der Waals surface area (Å²) in [5.41, 5.74) is 2.07. The first-order chi connectivity index (χ1) is 16.9. The van der Waals surface area contributed by atoms with Crippen LogP contribution in [0.5, 0.6) is 0 Å². The van der Waals surface area contributed by atoms with Gasteiger partial charge in [-0.1, -0.05) is 6.07 Å². The molecule has 0 saturated heterocycles. The Morgan fingerprint density at radius 1 is 0.861 bits per heavy atom. The van der Waals surface area contributed by atoms with Crippen LogP contribution in [-0.2, 0) is 16.2 Å². The number of aromatic nitrogens is 4. The molecule has 13 heteroatoms. The molecular weight excluding hydrogens is 500 g/mol. The zero-order chi connectivity index (χ0) is 26.1. The van der Waals surface area contributed by atoms with Crippen LogP contribution in [0.2, 0.25) is 0 Å². The van der Waals surface area contributed by atoms with E-state index in [0.29, 0.717) is 22.4 Å². The van der Waals surface area contributed by atoms with E-state index in [1.54, 1.807) is 19.9 Å². The summed E-state index contributed by atoms with van der Waals surface area (Å²) < 4.78 is 80.9. The molecule has 0 unspecified atom stereocenters. The van der Waals surface area contributed by atoms with Gasteiger partial charge in [0.15, 0.2) is 0 Å². The molecule has 36 heavy (non-hydrogen) atoms. The SMILES string of the molecule is Cc1ccc(S(=O)(=O)Nc2cc(-c3ccnc(Nc4ccnc(C(F)(F)F)n4)c3)cnc2C)c(F)c1. The Morgan fingerprint density at radius 3 is 2.33 bits per heavy atom. The summed E-state index contributed by atoms with van der Waals surface area (Å²) in [4.78, 5) is 14.4. The third-order valence-corrected chi connectivity index (χ3v) is 6.37. The number of pyridine rings is 2. The number of sulfonamides is 1. The minimum atomic E-state index is -4.70. The van der Waals surface area contributed by atoms with E-state index in [2.05, 4.69) is 30.0 Å². The maximum Gasteiger partial charge on any atom is 0.451 e. The van der Waals surface area contributed by atoms with Gasteiger partial charge < -0.3 is 5.32 Å². The van der Waals surface area contributed by atoms with Crippen molar-refractivity contribution in [2.45, 2.75) is 24.9 Å². The van der Waals surface area contributed by atoms with Crippen LogP contribution in [0.1, 0.15) is 17.1 Å². The van der Waals surface area contributed by atoms with Crippen LogP contribution in [0.4, 0.5) is 34.9 Å². The number of aryl methyl sites for hydroxylation is 2. The lowest BCUT2D eigenvalue weighted by Gasteiger charge is -2.13. The minimum absolute atomic E-state index is 0.113. The number of hydrogen-bond donors (Lipinski definition) is 2. The monoisotopic (exact) mass is 518 g/mol. The predicted molar refractivity (Wildman–Crippen MR) is 124 cm³/mol. The van der Waals surface area contributed by atoms with Gasteiger partial charge in [0.25, 0.3) is 10.0 Å². The summed E-state index contributed by atoms with van der Waals surface area (Å²) in [6.45, 7) is 3.22. The van der Waals surface area contributed by atoms with Gasteiger partial charge in [0.1, 0.15) is 22.3 Å². The van der Waals surface area contributed by atoms with Crippen LogP contribution < -0.4 is 10.0 Å². The molecule has 2 N–H and O–H groups in total. The number of nitrogens with one attached hydrogen (secondary N) is 2. The van der Waals surface area contributed by atoms with Crippen LogP contribution in [0.25, 0.3) is 11.1 Å². The lowest BCUT2D eigenvalue weighted by molar-refractivity contribution is -0.144. The maximum absolute atomic E-state index is 14.3. The molecule has 4 rings (SSSR count). The van der Waals surface area contributed by atoms with Crippen molar-refractivity contribution in [3.05, 3.63) is 84.0 Å². The summed E-state index contributed by atoms with van der Waals surface area (Å²) in [5, 5.41) is 2.69. The van der Waals surface area contributed by atoms with Gasteiger partial charge in [0, 0.05) is 24.2 Å². The van der Waals surface area contributed by atoms with E-state index in [-0.39, 0.29) is 17.3 Å². The molecule has 0 atom stereocenters. The average Bonchev–Trinajstić information content (AvgIpc) is 2.80. The third kappa shape index (κ3) is 5.57. The highest BCUT2D eigenvalue weighted by molar-refractivity contribution is 7.92. The van der Waals surface area contributed by atoms with Crippen LogP contribution in [0, 0.1) is 19.7 Å². The van der Waals surface area contributed by atoms with Gasteiger partial charge in [0.05, 0.1) is 11.4 Å². The highest BCUT2D eigenvalue weighted by Crippen LogP contribution is 2.29. The molecule has 0 amide bonds. The van der Waals surface area contributed by atoms with Crippen LogP contribution in [0.3, 0.4) is 0 Å². The second-order valence-electron chi connectivity index (χ2n) is 7.71. The zero-order valence-corrected chi connectivity index (χ0v) is 19.6. The normalized spacial score (nSPS) is 11.8. The van der Waals surface area contributed by atoms with Crippen molar-refractivity contribution < 1.29 is 26.0 Å². The number of benzene rings is 1. The first-order valence-electron chi connectivity index (χ1n) is 10.3. The largest absolute Gasteiger partial charge is 0.451 e. The number of rotatable bonds is 6. The number of nitrogens with zero attached hydrogens (tertiary/aromatic N) is 4. The van der Waals surface area contributed by atoms with E-state index in [0.717, 1.165) is 12.3 Å². The van der Waals surface area contributed by atoms with Crippen molar-refractivity contribution in [3.8, 4) is 11.1 Å². The van der Waals surface area contributed by atoms with Gasteiger partial charge in [-0.05, 0) is 61.4 Å². The molecule has 0 aliphatic heterocycles. The molecule has 1 aromatic carbocycles. The maximum atomic E-state index is 14.3. The van der Waals surface area contributed by atoms with Crippen molar-refractivity contribution in [1.29, 1.82) is 0 Å². The fourth-order valence-electron chi connectivity index (χ4n) is 3.19. The van der Waals surface area contributed by atoms with Crippen molar-refractivity contribution in [1.82, 2.24) is 19.9 Å². The van der Waals surface area contributed by atoms with E-state index in [1.165, 1.54) is 42.7 Å². The molecule has 0 spiro atoms. The quantitative estimate of drug-likeness (QED) is 0.336. The molecule has 3 aromatic heterocycles. The molecule has 0 fully saturated rings. The molecule has 186 valence electrons. The van der Waals surface area contributed by atoms with E-state index in [4.69, 9.17) is 0 Å². The molecule has 0 aliphatic rings. The predicted octanol–water partition coefficient (Wildman–Crippen LogP) is 5.25. The molecule has 0 saturated carbocycles. The molecule has 0 radical (unpaired) electrons. The second kappa shape index (κ2) is 9.49. The fourth-order valence-corrected chi connectivity index (χ4v) is 4.36. The first-order valence-corrected chi connectivity index (χ1v) is 11.8. The lowest BCUT2D eigenvalue weighted by atomic mass is 10.1. The van der Waals surface area contributed by atoms with Gasteiger partial charge in [-0.2, -0.15) is 13.2 Å². The van der Waals surface area contributed by atoms with Crippen LogP contribution >= 0.6 is 0 Å². The number of alkyl halides is 3. The summed E-state index contributed by atoms with van der Waals surface area (Å²) in [5.74, 6) is -2.11. The Labute approximate surface area is 203 Å². The topological polar surface area (TPSA) is 110 Å². The first kappa shape index (κ1) is 25.0. The summed E-state index contributed by atoms with van der Waals surface area (Å²) in [7, 11) is -4.24. The van der Waals surface area contributed by atoms with E-state index in [9.17, 15) is 26.0 Å². The van der Waals surface area contributed by atoms with Crippen molar-refractivity contribution in [2.75, 3.05) is 10.0 Å². The molecule has 8 nitrogen and oxygen atoms in total. The van der Waals surface area contributed by atoms with Gasteiger partial charge in [-0.15, -0.1) is 0 Å². The Kier molecular flexibility index (Phi) is 6.59. The molecule has 3 heterocycles. The summed E-state index contributed by atoms with van der Waals surface area (Å²) in [6, 6.07) is 9.69. The summed E-state index contributed by atoms with van der Waals surface area (Å²) >= 11 is 0. The highest BCUT2D eigenvalue weighted by atomic mass is 32.2. The van der Waals surface area contributed by atoms with Crippen molar-refractivity contribution in [3.63, 3.8) is 0 Å². The van der Waals surface area contributed by atoms with E-state index < -0.39 is 32.7 Å². The molecule has 0 aliphatic carbocycles.